The van der Waals surface area contributed by atoms with Crippen molar-refractivity contribution in [2.45, 2.75) is 43.8 Å². The fourth-order valence-electron chi connectivity index (χ4n) is 4.70. The molecule has 0 aromatic carbocycles. The van der Waals surface area contributed by atoms with E-state index in [0.717, 1.165) is 23.4 Å². The smallest absolute Gasteiger partial charge is 0.396 e. The summed E-state index contributed by atoms with van der Waals surface area (Å²) in [5.41, 5.74) is 3.53. The number of nitrogen functional groups attached to an aromatic ring is 1. The third kappa shape index (κ3) is 5.10. The molecule has 1 fully saturated rings. The Bertz CT molecular complexity index is 1470. The van der Waals surface area contributed by atoms with Crippen molar-refractivity contribution in [2.24, 2.45) is 13.0 Å². The van der Waals surface area contributed by atoms with Gasteiger partial charge in [-0.2, -0.15) is 18.3 Å². The van der Waals surface area contributed by atoms with Gasteiger partial charge in [0, 0.05) is 31.5 Å². The third-order valence-corrected chi connectivity index (χ3v) is 7.55. The Labute approximate surface area is 211 Å². The van der Waals surface area contributed by atoms with Gasteiger partial charge in [0.2, 0.25) is 0 Å². The Morgan fingerprint density at radius 3 is 2.54 bits per heavy atom. The maximum absolute atomic E-state index is 13.7. The minimum Gasteiger partial charge on any atom is -0.396 e. The molecule has 0 spiro atoms. The summed E-state index contributed by atoms with van der Waals surface area (Å²) in [6, 6.07) is 3.66. The van der Waals surface area contributed by atoms with E-state index in [4.69, 9.17) is 5.73 Å². The first-order chi connectivity index (χ1) is 17.1. The molecule has 1 aliphatic rings. The van der Waals surface area contributed by atoms with Crippen LogP contribution in [0.15, 0.2) is 41.7 Å². The zero-order chi connectivity index (χ0) is 27.3. The lowest BCUT2D eigenvalue weighted by Gasteiger charge is -2.34. The number of pyridine rings is 2. The molecule has 198 valence electrons. The van der Waals surface area contributed by atoms with E-state index >= 15 is 0 Å². The topological polar surface area (TPSA) is 136 Å². The largest absolute Gasteiger partial charge is 0.435 e. The van der Waals surface area contributed by atoms with Crippen LogP contribution in [-0.4, -0.2) is 46.2 Å². The molecule has 14 heteroatoms. The van der Waals surface area contributed by atoms with Crippen LogP contribution in [0.1, 0.15) is 43.2 Å². The molecular formula is C23H26F3N7O3S. The first-order valence-corrected chi connectivity index (χ1v) is 12.7. The number of carbonyl (C=O) groups is 1. The number of sulfonamides is 1. The summed E-state index contributed by atoms with van der Waals surface area (Å²) >= 11 is 0. The van der Waals surface area contributed by atoms with Crippen LogP contribution in [-0.2, 0) is 23.2 Å². The second kappa shape index (κ2) is 9.01. The van der Waals surface area contributed by atoms with Gasteiger partial charge in [-0.3, -0.25) is 14.5 Å². The highest BCUT2D eigenvalue weighted by molar-refractivity contribution is 7.90. The first-order valence-electron chi connectivity index (χ1n) is 11.3. The molecule has 1 atom stereocenters. The fraction of sp³-hybridized carbons (Fsp3) is 0.391. The number of alkyl halides is 3. The summed E-state index contributed by atoms with van der Waals surface area (Å²) in [6.45, 7) is 6.32. The van der Waals surface area contributed by atoms with Crippen LogP contribution >= 0.6 is 0 Å². The van der Waals surface area contributed by atoms with Crippen molar-refractivity contribution in [3.8, 4) is 11.3 Å². The number of carbonyl (C=O) groups excluding carboxylic acids is 1. The average molecular weight is 538 g/mol. The van der Waals surface area contributed by atoms with Crippen LogP contribution in [0.5, 0.6) is 0 Å². The summed E-state index contributed by atoms with van der Waals surface area (Å²) in [4.78, 5) is 23.0. The summed E-state index contributed by atoms with van der Waals surface area (Å²) in [5.74, 6) is -0.733. The van der Waals surface area contributed by atoms with Crippen molar-refractivity contribution in [3.63, 3.8) is 0 Å². The van der Waals surface area contributed by atoms with E-state index in [1.807, 2.05) is 30.4 Å². The van der Waals surface area contributed by atoms with Gasteiger partial charge in [-0.15, -0.1) is 0 Å². The predicted octanol–water partition coefficient (Wildman–Crippen LogP) is 3.22. The second-order valence-electron chi connectivity index (χ2n) is 9.71. The van der Waals surface area contributed by atoms with E-state index in [0.29, 0.717) is 6.54 Å². The Kier molecular flexibility index (Phi) is 6.42. The zero-order valence-electron chi connectivity index (χ0n) is 20.5. The maximum Gasteiger partial charge on any atom is 0.435 e. The van der Waals surface area contributed by atoms with Gasteiger partial charge >= 0.3 is 6.18 Å². The number of hydrogen-bond donors (Lipinski definition) is 2. The van der Waals surface area contributed by atoms with Gasteiger partial charge in [-0.1, -0.05) is 6.92 Å². The summed E-state index contributed by atoms with van der Waals surface area (Å²) in [6.07, 6.45) is -0.442. The van der Waals surface area contributed by atoms with Crippen molar-refractivity contribution in [1.29, 1.82) is 0 Å². The van der Waals surface area contributed by atoms with Crippen molar-refractivity contribution in [2.75, 3.05) is 17.2 Å². The van der Waals surface area contributed by atoms with Gasteiger partial charge in [0.05, 0.1) is 28.7 Å². The molecule has 3 aromatic rings. The fourth-order valence-corrected chi connectivity index (χ4v) is 5.76. The molecule has 0 saturated carbocycles. The molecular weight excluding hydrogens is 511 g/mol. The maximum atomic E-state index is 13.7. The van der Waals surface area contributed by atoms with Crippen molar-refractivity contribution in [1.82, 2.24) is 24.5 Å². The average Bonchev–Trinajstić information content (AvgIpc) is 3.31. The van der Waals surface area contributed by atoms with Gasteiger partial charge in [-0.05, 0) is 44.4 Å². The molecule has 0 radical (unpaired) electrons. The number of halogens is 3. The lowest BCUT2D eigenvalue weighted by Crippen LogP contribution is -2.41. The lowest BCUT2D eigenvalue weighted by molar-refractivity contribution is -0.141. The Balaban J connectivity index is 1.83. The molecule has 1 saturated heterocycles. The molecule has 0 unspecified atom stereocenters. The Hall–Kier alpha value is -3.68. The SMILES string of the molecule is C[C@@H]1CN(c2nc(-c3cn(C)nc3C(F)(F)F)ccc2C(=O)NS(=O)(=O)c2ccncc2N)C(C)(C)C1. The molecule has 10 nitrogen and oxygen atoms in total. The third-order valence-electron chi connectivity index (χ3n) is 6.15. The van der Waals surface area contributed by atoms with Gasteiger partial charge in [0.15, 0.2) is 5.69 Å². The van der Waals surface area contributed by atoms with E-state index in [1.54, 1.807) is 0 Å². The minimum atomic E-state index is -4.73. The number of rotatable bonds is 5. The minimum absolute atomic E-state index is 0.0523. The summed E-state index contributed by atoms with van der Waals surface area (Å²) in [5, 5.41) is 3.54. The van der Waals surface area contributed by atoms with Crippen LogP contribution < -0.4 is 15.4 Å². The van der Waals surface area contributed by atoms with E-state index < -0.39 is 33.3 Å². The van der Waals surface area contributed by atoms with Crippen molar-refractivity contribution in [3.05, 3.63) is 48.0 Å². The number of nitrogens with one attached hydrogen (secondary N) is 1. The number of amides is 1. The molecule has 37 heavy (non-hydrogen) atoms. The van der Waals surface area contributed by atoms with Crippen molar-refractivity contribution >= 4 is 27.4 Å². The number of anilines is 2. The highest BCUT2D eigenvalue weighted by atomic mass is 32.2. The number of aryl methyl sites for hydroxylation is 1. The van der Waals surface area contributed by atoms with E-state index in [1.165, 1.54) is 31.6 Å². The predicted molar refractivity (Wildman–Crippen MR) is 130 cm³/mol. The highest BCUT2D eigenvalue weighted by Crippen LogP contribution is 2.40. The van der Waals surface area contributed by atoms with E-state index in [-0.39, 0.29) is 39.1 Å². The van der Waals surface area contributed by atoms with Gasteiger partial charge in [-0.25, -0.2) is 18.1 Å². The molecule has 3 N–H and O–H groups in total. The quantitative estimate of drug-likeness (QED) is 0.506. The molecule has 0 bridgehead atoms. The van der Waals surface area contributed by atoms with Gasteiger partial charge < -0.3 is 10.6 Å². The number of nitrogens with two attached hydrogens (primary N) is 1. The molecule has 3 aromatic heterocycles. The summed E-state index contributed by atoms with van der Waals surface area (Å²) < 4.78 is 69.8. The van der Waals surface area contributed by atoms with Crippen LogP contribution in [0.2, 0.25) is 0 Å². The molecule has 4 heterocycles. The monoisotopic (exact) mass is 537 g/mol. The van der Waals surface area contributed by atoms with Crippen LogP contribution in [0.25, 0.3) is 11.3 Å². The molecule has 1 aliphatic heterocycles. The zero-order valence-corrected chi connectivity index (χ0v) is 21.4. The van der Waals surface area contributed by atoms with E-state index in [9.17, 15) is 26.4 Å². The highest BCUT2D eigenvalue weighted by Gasteiger charge is 2.41. The van der Waals surface area contributed by atoms with Gasteiger partial charge in [0.1, 0.15) is 10.7 Å². The lowest BCUT2D eigenvalue weighted by atomic mass is 9.97. The first kappa shape index (κ1) is 26.4. The molecule has 0 aliphatic carbocycles. The van der Waals surface area contributed by atoms with Crippen LogP contribution in [0, 0.1) is 5.92 Å². The number of aromatic nitrogens is 4. The van der Waals surface area contributed by atoms with Gasteiger partial charge in [0.25, 0.3) is 15.9 Å². The van der Waals surface area contributed by atoms with Crippen molar-refractivity contribution < 1.29 is 26.4 Å². The second-order valence-corrected chi connectivity index (χ2v) is 11.4. The number of hydrogen-bond acceptors (Lipinski definition) is 8. The summed E-state index contributed by atoms with van der Waals surface area (Å²) in [7, 11) is -3.01. The van der Waals surface area contributed by atoms with Crippen LogP contribution in [0.4, 0.5) is 24.7 Å². The standard InChI is InChI=1S/C23H26F3N7O3S/c1-13-9-22(2,3)33(11-13)20-14(21(34)31-37(35,36)18-7-8-28-10-16(18)27)5-6-17(29-20)15-12-32(4)30-19(15)23(24,25)26/h5-8,10,12-13H,9,11,27H2,1-4H3,(H,31,34)/t13-/m0/s1. The Morgan fingerprint density at radius 1 is 1.24 bits per heavy atom. The molecule has 1 amide bonds. The normalized spacial score (nSPS) is 17.7. The van der Waals surface area contributed by atoms with E-state index in [2.05, 4.69) is 15.1 Å². The van der Waals surface area contributed by atoms with Crippen LogP contribution in [0.3, 0.4) is 0 Å². The number of nitrogens with zero attached hydrogens (tertiary/aromatic N) is 5. The Morgan fingerprint density at radius 2 is 1.95 bits per heavy atom. The molecule has 4 rings (SSSR count).